The van der Waals surface area contributed by atoms with Crippen molar-refractivity contribution in [2.24, 2.45) is 0 Å². The van der Waals surface area contributed by atoms with Gasteiger partial charge in [0.15, 0.2) is 0 Å². The molecule has 0 bridgehead atoms. The maximum absolute atomic E-state index is 9.95. The lowest BCUT2D eigenvalue weighted by Gasteiger charge is -1.83. The van der Waals surface area contributed by atoms with E-state index < -0.39 is 5.97 Å². The van der Waals surface area contributed by atoms with Crippen molar-refractivity contribution in [2.45, 2.75) is 0 Å². The molecule has 0 heterocycles. The van der Waals surface area contributed by atoms with Gasteiger partial charge in [0.25, 0.3) is 0 Å². The molecule has 0 aromatic heterocycles. The summed E-state index contributed by atoms with van der Waals surface area (Å²) in [6, 6.07) is 8.71. The minimum Gasteiger partial charge on any atom is -0.508 e. The maximum atomic E-state index is 9.95. The average molecular weight is 181 g/mol. The summed E-state index contributed by atoms with van der Waals surface area (Å²) < 4.78 is 10.4. The van der Waals surface area contributed by atoms with Gasteiger partial charge < -0.3 is 9.84 Å². The van der Waals surface area contributed by atoms with Crippen molar-refractivity contribution in [3.63, 3.8) is 0 Å². The number of aromatic hydroxyl groups is 1. The number of phenols is 1. The highest BCUT2D eigenvalue weighted by Gasteiger charge is 1.81. The van der Waals surface area contributed by atoms with Gasteiger partial charge in [0, 0.05) is 6.08 Å². The van der Waals surface area contributed by atoms with E-state index in [1.807, 2.05) is 6.07 Å². The van der Waals surface area contributed by atoms with Gasteiger partial charge in [0.1, 0.15) is 5.75 Å². The van der Waals surface area contributed by atoms with Crippen molar-refractivity contribution in [3.8, 4) is 5.75 Å². The summed E-state index contributed by atoms with van der Waals surface area (Å²) in [4.78, 5) is 9.95. The third-order valence-electron chi connectivity index (χ3n) is 1.07. The fraction of sp³-hybridized carbons (Fsp3) is 0.100. The number of ether oxygens (including phenoxy) is 1. The number of phenolic OH excluding ortho intramolecular Hbond substituents is 1. The van der Waals surface area contributed by atoms with E-state index in [1.54, 1.807) is 24.3 Å². The van der Waals surface area contributed by atoms with Crippen LogP contribution in [0.3, 0.4) is 0 Å². The molecule has 0 amide bonds. The first-order valence-corrected chi connectivity index (χ1v) is 3.53. The Hall–Kier alpha value is -1.77. The van der Waals surface area contributed by atoms with Crippen molar-refractivity contribution >= 4 is 5.97 Å². The largest absolute Gasteiger partial charge is 0.508 e. The first kappa shape index (κ1) is 9.32. The molecule has 0 saturated heterocycles. The van der Waals surface area contributed by atoms with E-state index in [-0.39, 0.29) is 7.09 Å². The lowest BCUT2D eigenvalue weighted by molar-refractivity contribution is -0.134. The number of hydrogen-bond donors (Lipinski definition) is 1. The molecule has 0 fully saturated rings. The van der Waals surface area contributed by atoms with E-state index >= 15 is 0 Å². The molecular weight excluding hydrogens is 168 g/mol. The average Bonchev–Trinajstić information content (AvgIpc) is 2.20. The second-order valence-corrected chi connectivity index (χ2v) is 2.00. The predicted octanol–water partition coefficient (Wildman–Crippen LogP) is 1.74. The van der Waals surface area contributed by atoms with Crippen molar-refractivity contribution in [1.29, 1.82) is 0 Å². The van der Waals surface area contributed by atoms with Crippen LogP contribution in [0.1, 0.15) is 1.37 Å². The second-order valence-electron chi connectivity index (χ2n) is 2.00. The quantitative estimate of drug-likeness (QED) is 0.530. The molecule has 0 unspecified atom stereocenters. The monoisotopic (exact) mass is 181 g/mol. The number of para-hydroxylation sites is 1. The summed E-state index contributed by atoms with van der Waals surface area (Å²) in [5, 5.41) is 8.63. The van der Waals surface area contributed by atoms with Crippen LogP contribution in [0.15, 0.2) is 43.0 Å². The number of rotatable bonds is 1. The summed E-state index contributed by atoms with van der Waals surface area (Å²) in [5.41, 5.74) is 0. The Morgan fingerprint density at radius 1 is 1.62 bits per heavy atom. The zero-order valence-electron chi connectivity index (χ0n) is 8.14. The smallest absolute Gasteiger partial charge is 0.329 e. The molecular formula is C10H12O3. The van der Waals surface area contributed by atoms with Crippen LogP contribution in [-0.2, 0) is 9.53 Å². The van der Waals surface area contributed by atoms with E-state index in [2.05, 4.69) is 11.3 Å². The van der Waals surface area contributed by atoms with Crippen LogP contribution in [0, 0.1) is 0 Å². The highest BCUT2D eigenvalue weighted by molar-refractivity contribution is 5.80. The van der Waals surface area contributed by atoms with Gasteiger partial charge in [-0.3, -0.25) is 0 Å². The molecule has 3 nitrogen and oxygen atoms in total. The van der Waals surface area contributed by atoms with Gasteiger partial charge in [-0.1, -0.05) is 24.8 Å². The SMILES string of the molecule is Oc1ccccc1.[2H]COC(=O)C=C. The van der Waals surface area contributed by atoms with Gasteiger partial charge in [-0.15, -0.1) is 0 Å². The third kappa shape index (κ3) is 6.62. The number of carbonyl (C=O) groups is 1. The van der Waals surface area contributed by atoms with Crippen molar-refractivity contribution in [3.05, 3.63) is 43.0 Å². The first-order chi connectivity index (χ1) is 6.70. The maximum Gasteiger partial charge on any atom is 0.329 e. The van der Waals surface area contributed by atoms with E-state index in [9.17, 15) is 4.79 Å². The Labute approximate surface area is 78.7 Å². The van der Waals surface area contributed by atoms with Crippen LogP contribution in [0.25, 0.3) is 0 Å². The minimum absolute atomic E-state index is 0.322. The lowest BCUT2D eigenvalue weighted by atomic mass is 10.3. The molecule has 1 aromatic carbocycles. The normalized spacial score (nSPS) is 8.77. The van der Waals surface area contributed by atoms with Crippen LogP contribution in [0.2, 0.25) is 0 Å². The van der Waals surface area contributed by atoms with Crippen molar-refractivity contribution in [1.82, 2.24) is 0 Å². The van der Waals surface area contributed by atoms with Crippen LogP contribution >= 0.6 is 0 Å². The number of carbonyl (C=O) groups excluding carboxylic acids is 1. The Balaban J connectivity index is 0.000000241. The standard InChI is InChI=1S/C6H6O.C4H6O2/c7-6-4-2-1-3-5-6;1-3-4(5)6-2/h1-5,7H;3H,1H2,2H3/i;2D. The van der Waals surface area contributed by atoms with Gasteiger partial charge in [0.2, 0.25) is 0 Å². The van der Waals surface area contributed by atoms with Crippen molar-refractivity contribution in [2.75, 3.05) is 7.09 Å². The lowest BCUT2D eigenvalue weighted by Crippen LogP contribution is -1.91. The predicted molar refractivity (Wildman–Crippen MR) is 50.3 cm³/mol. The second kappa shape index (κ2) is 6.91. The van der Waals surface area contributed by atoms with Crippen LogP contribution in [-0.4, -0.2) is 18.2 Å². The molecule has 0 aliphatic heterocycles. The highest BCUT2D eigenvalue weighted by Crippen LogP contribution is 2.02. The fourth-order valence-electron chi connectivity index (χ4n) is 0.487. The van der Waals surface area contributed by atoms with E-state index in [0.717, 1.165) is 6.08 Å². The number of benzene rings is 1. The molecule has 1 N–H and O–H groups in total. The molecule has 0 radical (unpaired) electrons. The van der Waals surface area contributed by atoms with Gasteiger partial charge in [-0.2, -0.15) is 0 Å². The molecule has 3 heteroatoms. The van der Waals surface area contributed by atoms with Crippen LogP contribution in [0.5, 0.6) is 5.75 Å². The van der Waals surface area contributed by atoms with Crippen LogP contribution < -0.4 is 0 Å². The first-order valence-electron chi connectivity index (χ1n) is 4.24. The summed E-state index contributed by atoms with van der Waals surface area (Å²) in [6.07, 6.45) is 1.02. The zero-order chi connectivity index (χ0) is 10.8. The minimum atomic E-state index is -0.546. The highest BCUT2D eigenvalue weighted by atomic mass is 16.5. The van der Waals surface area contributed by atoms with Gasteiger partial charge >= 0.3 is 5.97 Å². The van der Waals surface area contributed by atoms with Crippen LogP contribution in [0.4, 0.5) is 0 Å². The fourth-order valence-corrected chi connectivity index (χ4v) is 0.487. The number of esters is 1. The molecule has 13 heavy (non-hydrogen) atoms. The molecule has 1 aromatic rings. The van der Waals surface area contributed by atoms with Gasteiger partial charge in [-0.05, 0) is 12.1 Å². The summed E-state index contributed by atoms with van der Waals surface area (Å²) in [6.45, 7) is 3.12. The summed E-state index contributed by atoms with van der Waals surface area (Å²) in [7, 11) is -0.329. The zero-order valence-corrected chi connectivity index (χ0v) is 7.14. The Morgan fingerprint density at radius 2 is 2.23 bits per heavy atom. The van der Waals surface area contributed by atoms with Gasteiger partial charge in [-0.25, -0.2) is 4.79 Å². The molecule has 70 valence electrons. The van der Waals surface area contributed by atoms with Gasteiger partial charge in [0.05, 0.1) is 8.46 Å². The Bertz CT molecular complexity index is 272. The van der Waals surface area contributed by atoms with E-state index in [1.165, 1.54) is 0 Å². The Morgan fingerprint density at radius 3 is 2.46 bits per heavy atom. The molecule has 0 aliphatic carbocycles. The summed E-state index contributed by atoms with van der Waals surface area (Å²) in [5.74, 6) is -0.225. The molecule has 0 spiro atoms. The molecule has 0 aliphatic rings. The Kier molecular flexibility index (Phi) is 4.95. The molecule has 1 rings (SSSR count). The van der Waals surface area contributed by atoms with E-state index in [0.29, 0.717) is 5.75 Å². The molecule has 0 atom stereocenters. The topological polar surface area (TPSA) is 46.5 Å². The third-order valence-corrected chi connectivity index (χ3v) is 1.07. The van der Waals surface area contributed by atoms with E-state index in [4.69, 9.17) is 6.48 Å². The molecule has 0 saturated carbocycles. The number of hydrogen-bond acceptors (Lipinski definition) is 3. The number of methoxy groups -OCH3 is 1. The van der Waals surface area contributed by atoms with Crippen molar-refractivity contribution < 1.29 is 16.0 Å². The summed E-state index contributed by atoms with van der Waals surface area (Å²) >= 11 is 0.